The Bertz CT molecular complexity index is 1550. The number of hydrogen-bond donors (Lipinski definition) is 2. The molecule has 0 saturated heterocycles. The Balaban J connectivity index is 1.11. The van der Waals surface area contributed by atoms with Gasteiger partial charge in [-0.15, -0.1) is 0 Å². The van der Waals surface area contributed by atoms with Gasteiger partial charge in [-0.25, -0.2) is 5.43 Å². The fraction of sp³-hybridized carbons (Fsp3) is 0.0645. The molecule has 0 unspecified atom stereocenters. The van der Waals surface area contributed by atoms with E-state index in [1.54, 1.807) is 12.3 Å². The maximum Gasteiger partial charge on any atom is 0.289 e. The normalized spacial score (nSPS) is 10.9. The first-order chi connectivity index (χ1) is 19.1. The van der Waals surface area contributed by atoms with E-state index < -0.39 is 5.91 Å². The second-order valence-corrected chi connectivity index (χ2v) is 9.02. The SMILES string of the molecule is O=C(NN=Cc1ccc(OCc2ccccc2)cc1)c1cc(-c2ccc(OCc3ccccc3Cl)cc2)n[nH]1. The molecule has 194 valence electrons. The molecule has 7 nitrogen and oxygen atoms in total. The van der Waals surface area contributed by atoms with Gasteiger partial charge in [-0.3, -0.25) is 9.89 Å². The molecule has 1 aromatic heterocycles. The molecular formula is C31H25ClN4O3. The predicted molar refractivity (Wildman–Crippen MR) is 152 cm³/mol. The third kappa shape index (κ3) is 7.12. The molecule has 0 aliphatic rings. The monoisotopic (exact) mass is 536 g/mol. The highest BCUT2D eigenvalue weighted by molar-refractivity contribution is 6.31. The van der Waals surface area contributed by atoms with Crippen LogP contribution in [0.4, 0.5) is 0 Å². The Morgan fingerprint density at radius 2 is 1.51 bits per heavy atom. The fourth-order valence-corrected chi connectivity index (χ4v) is 3.89. The highest BCUT2D eigenvalue weighted by Crippen LogP contribution is 2.23. The minimum Gasteiger partial charge on any atom is -0.489 e. The number of carbonyl (C=O) groups excluding carboxylic acids is 1. The largest absolute Gasteiger partial charge is 0.489 e. The number of halogens is 1. The molecule has 5 aromatic rings. The van der Waals surface area contributed by atoms with E-state index in [9.17, 15) is 4.79 Å². The molecule has 0 saturated carbocycles. The number of carbonyl (C=O) groups is 1. The van der Waals surface area contributed by atoms with Crippen molar-refractivity contribution in [2.45, 2.75) is 13.2 Å². The number of aromatic nitrogens is 2. The summed E-state index contributed by atoms with van der Waals surface area (Å²) >= 11 is 6.18. The summed E-state index contributed by atoms with van der Waals surface area (Å²) in [5.74, 6) is 1.06. The molecule has 5 rings (SSSR count). The van der Waals surface area contributed by atoms with Gasteiger partial charge in [0.2, 0.25) is 0 Å². The Morgan fingerprint density at radius 3 is 2.26 bits per heavy atom. The summed E-state index contributed by atoms with van der Waals surface area (Å²) in [5.41, 5.74) is 7.13. The summed E-state index contributed by atoms with van der Waals surface area (Å²) < 4.78 is 11.6. The summed E-state index contributed by atoms with van der Waals surface area (Å²) in [7, 11) is 0. The summed E-state index contributed by atoms with van der Waals surface area (Å²) in [6.07, 6.45) is 1.57. The first kappa shape index (κ1) is 25.8. The third-order valence-corrected chi connectivity index (χ3v) is 6.20. The van der Waals surface area contributed by atoms with Gasteiger partial charge in [-0.2, -0.15) is 10.2 Å². The van der Waals surface area contributed by atoms with E-state index in [0.29, 0.717) is 35.4 Å². The van der Waals surface area contributed by atoms with E-state index in [1.165, 1.54) is 0 Å². The zero-order valence-electron chi connectivity index (χ0n) is 20.9. The van der Waals surface area contributed by atoms with Crippen LogP contribution in [-0.4, -0.2) is 22.3 Å². The molecule has 0 atom stereocenters. The molecule has 0 spiro atoms. The summed E-state index contributed by atoms with van der Waals surface area (Å²) in [5, 5.41) is 11.7. The van der Waals surface area contributed by atoms with Gasteiger partial charge in [0.15, 0.2) is 0 Å². The van der Waals surface area contributed by atoms with Crippen molar-refractivity contribution >= 4 is 23.7 Å². The lowest BCUT2D eigenvalue weighted by molar-refractivity contribution is 0.0950. The van der Waals surface area contributed by atoms with Crippen LogP contribution in [0, 0.1) is 0 Å². The molecule has 0 bridgehead atoms. The minimum absolute atomic E-state index is 0.297. The first-order valence-electron chi connectivity index (χ1n) is 12.3. The zero-order chi connectivity index (χ0) is 26.9. The summed E-state index contributed by atoms with van der Waals surface area (Å²) in [6.45, 7) is 0.871. The van der Waals surface area contributed by atoms with Gasteiger partial charge >= 0.3 is 0 Å². The number of nitrogens with zero attached hydrogens (tertiary/aromatic N) is 2. The van der Waals surface area contributed by atoms with Crippen molar-refractivity contribution in [1.29, 1.82) is 0 Å². The Kier molecular flexibility index (Phi) is 8.31. The van der Waals surface area contributed by atoms with Crippen LogP contribution in [0.25, 0.3) is 11.3 Å². The standard InChI is InChI=1S/C31H25ClN4O3/c32-28-9-5-4-8-25(28)21-39-27-16-12-24(13-17-27)29-18-30(35-34-29)31(37)36-33-19-22-10-14-26(15-11-22)38-20-23-6-2-1-3-7-23/h1-19H,20-21H2,(H,34,35)(H,36,37). The number of hydrazone groups is 1. The number of nitrogens with one attached hydrogen (secondary N) is 2. The van der Waals surface area contributed by atoms with E-state index in [4.69, 9.17) is 21.1 Å². The second kappa shape index (κ2) is 12.6. The molecule has 0 fully saturated rings. The van der Waals surface area contributed by atoms with E-state index in [2.05, 4.69) is 20.7 Å². The van der Waals surface area contributed by atoms with Crippen molar-refractivity contribution in [3.63, 3.8) is 0 Å². The molecule has 0 aliphatic heterocycles. The Hall–Kier alpha value is -4.88. The van der Waals surface area contributed by atoms with Crippen molar-refractivity contribution < 1.29 is 14.3 Å². The van der Waals surface area contributed by atoms with Gasteiger partial charge in [-0.1, -0.05) is 60.1 Å². The lowest BCUT2D eigenvalue weighted by Gasteiger charge is -2.08. The molecule has 1 heterocycles. The van der Waals surface area contributed by atoms with Gasteiger partial charge in [-0.05, 0) is 71.8 Å². The quantitative estimate of drug-likeness (QED) is 0.154. The van der Waals surface area contributed by atoms with Crippen molar-refractivity contribution in [1.82, 2.24) is 15.6 Å². The molecule has 4 aromatic carbocycles. The highest BCUT2D eigenvalue weighted by Gasteiger charge is 2.11. The van der Waals surface area contributed by atoms with Crippen molar-refractivity contribution in [2.75, 3.05) is 0 Å². The van der Waals surface area contributed by atoms with E-state index in [0.717, 1.165) is 28.0 Å². The van der Waals surface area contributed by atoms with Crippen LogP contribution in [0.15, 0.2) is 114 Å². The molecule has 2 N–H and O–H groups in total. The van der Waals surface area contributed by atoms with Crippen LogP contribution in [0.1, 0.15) is 27.2 Å². The number of hydrogen-bond acceptors (Lipinski definition) is 5. The van der Waals surface area contributed by atoms with Crippen LogP contribution in [0.5, 0.6) is 11.5 Å². The number of H-pyrrole nitrogens is 1. The van der Waals surface area contributed by atoms with Crippen molar-refractivity contribution in [2.24, 2.45) is 5.10 Å². The van der Waals surface area contributed by atoms with Crippen LogP contribution in [0.2, 0.25) is 5.02 Å². The number of benzene rings is 4. The van der Waals surface area contributed by atoms with E-state index in [1.807, 2.05) is 103 Å². The second-order valence-electron chi connectivity index (χ2n) is 8.61. The lowest BCUT2D eigenvalue weighted by atomic mass is 10.1. The average molecular weight is 537 g/mol. The Morgan fingerprint density at radius 1 is 0.846 bits per heavy atom. The molecule has 39 heavy (non-hydrogen) atoms. The molecular weight excluding hydrogens is 512 g/mol. The van der Waals surface area contributed by atoms with Gasteiger partial charge in [0.25, 0.3) is 5.91 Å². The molecule has 0 aliphatic carbocycles. The zero-order valence-corrected chi connectivity index (χ0v) is 21.6. The fourth-order valence-electron chi connectivity index (χ4n) is 3.70. The summed E-state index contributed by atoms with van der Waals surface area (Å²) in [4.78, 5) is 12.5. The van der Waals surface area contributed by atoms with Crippen LogP contribution in [0.3, 0.4) is 0 Å². The predicted octanol–water partition coefficient (Wildman–Crippen LogP) is 6.65. The van der Waals surface area contributed by atoms with Gasteiger partial charge in [0, 0.05) is 16.1 Å². The average Bonchev–Trinajstić information content (AvgIpc) is 3.48. The van der Waals surface area contributed by atoms with Crippen molar-refractivity contribution in [3.05, 3.63) is 137 Å². The maximum absolute atomic E-state index is 12.5. The number of amides is 1. The molecule has 8 heteroatoms. The number of aromatic amines is 1. The summed E-state index contributed by atoms with van der Waals surface area (Å²) in [6, 6.07) is 34.1. The molecule has 0 radical (unpaired) electrons. The van der Waals surface area contributed by atoms with Crippen LogP contribution >= 0.6 is 11.6 Å². The third-order valence-electron chi connectivity index (χ3n) is 5.83. The first-order valence-corrected chi connectivity index (χ1v) is 12.6. The smallest absolute Gasteiger partial charge is 0.289 e. The topological polar surface area (TPSA) is 88.6 Å². The number of rotatable bonds is 10. The number of ether oxygens (including phenoxy) is 2. The van der Waals surface area contributed by atoms with Crippen molar-refractivity contribution in [3.8, 4) is 22.8 Å². The molecule has 1 amide bonds. The van der Waals surface area contributed by atoms with E-state index >= 15 is 0 Å². The Labute approximate surface area is 231 Å². The van der Waals surface area contributed by atoms with Gasteiger partial charge in [0.1, 0.15) is 30.4 Å². The van der Waals surface area contributed by atoms with Crippen LogP contribution < -0.4 is 14.9 Å². The maximum atomic E-state index is 12.5. The van der Waals surface area contributed by atoms with E-state index in [-0.39, 0.29) is 0 Å². The minimum atomic E-state index is -0.396. The van der Waals surface area contributed by atoms with Crippen LogP contribution in [-0.2, 0) is 13.2 Å². The highest BCUT2D eigenvalue weighted by atomic mass is 35.5. The lowest BCUT2D eigenvalue weighted by Crippen LogP contribution is -2.17. The van der Waals surface area contributed by atoms with Gasteiger partial charge in [0.05, 0.1) is 11.9 Å². The van der Waals surface area contributed by atoms with Gasteiger partial charge < -0.3 is 9.47 Å².